The van der Waals surface area contributed by atoms with E-state index >= 15 is 0 Å². The predicted molar refractivity (Wildman–Crippen MR) is 170 cm³/mol. The van der Waals surface area contributed by atoms with E-state index in [0.717, 1.165) is 63.0 Å². The molecule has 2 aliphatic rings. The molecular weight excluding hydrogens is 540 g/mol. The molecule has 0 radical (unpaired) electrons. The molecule has 2 heterocycles. The molecule has 2 fully saturated rings. The minimum absolute atomic E-state index is 0.0144. The van der Waals surface area contributed by atoms with Crippen LogP contribution in [0.25, 0.3) is 0 Å². The Morgan fingerprint density at radius 1 is 0.791 bits per heavy atom. The second-order valence-electron chi connectivity index (χ2n) is 11.3. The summed E-state index contributed by atoms with van der Waals surface area (Å²) in [5.41, 5.74) is 3.53. The number of anilines is 2. The number of carbonyl (C=O) groups is 3. The molecule has 1 atom stereocenters. The summed E-state index contributed by atoms with van der Waals surface area (Å²) in [6.07, 6.45) is 4.68. The van der Waals surface area contributed by atoms with Crippen LogP contribution in [0.1, 0.15) is 71.2 Å². The van der Waals surface area contributed by atoms with Gasteiger partial charge in [0, 0.05) is 56.2 Å². The molecule has 0 bridgehead atoms. The van der Waals surface area contributed by atoms with Gasteiger partial charge in [0.15, 0.2) is 0 Å². The number of carbonyl (C=O) groups excluding carboxylic acids is 3. The number of piperidine rings is 1. The first-order chi connectivity index (χ1) is 21.0. The Morgan fingerprint density at radius 3 is 2.30 bits per heavy atom. The van der Waals surface area contributed by atoms with Crippen LogP contribution in [-0.4, -0.2) is 73.9 Å². The molecule has 3 amide bonds. The number of hydrogen-bond donors (Lipinski definition) is 1. The van der Waals surface area contributed by atoms with E-state index in [2.05, 4.69) is 17.1 Å². The van der Waals surface area contributed by atoms with Crippen molar-refractivity contribution in [2.45, 2.75) is 44.9 Å². The van der Waals surface area contributed by atoms with Gasteiger partial charge in [0.1, 0.15) is 5.75 Å². The van der Waals surface area contributed by atoms with E-state index in [1.54, 1.807) is 37.4 Å². The second kappa shape index (κ2) is 14.2. The zero-order chi connectivity index (χ0) is 30.2. The number of methoxy groups -OCH3 is 1. The normalized spacial score (nSPS) is 16.3. The lowest BCUT2D eigenvalue weighted by molar-refractivity contribution is -0.132. The lowest BCUT2D eigenvalue weighted by Gasteiger charge is -2.31. The van der Waals surface area contributed by atoms with Crippen LogP contribution in [0.4, 0.5) is 11.4 Å². The van der Waals surface area contributed by atoms with Gasteiger partial charge in [-0.25, -0.2) is 0 Å². The van der Waals surface area contributed by atoms with Gasteiger partial charge in [0.2, 0.25) is 5.91 Å². The Balaban J connectivity index is 1.37. The monoisotopic (exact) mass is 582 g/mol. The van der Waals surface area contributed by atoms with E-state index in [1.807, 2.05) is 52.3 Å². The summed E-state index contributed by atoms with van der Waals surface area (Å²) in [7, 11) is 1.57. The number of rotatable bonds is 8. The lowest BCUT2D eigenvalue weighted by Crippen LogP contribution is -2.39. The topological polar surface area (TPSA) is 82.2 Å². The molecule has 8 nitrogen and oxygen atoms in total. The average Bonchev–Trinajstić information content (AvgIpc) is 3.32. The molecule has 2 aliphatic heterocycles. The fourth-order valence-electron chi connectivity index (χ4n) is 6.13. The van der Waals surface area contributed by atoms with Gasteiger partial charge in [-0.1, -0.05) is 43.3 Å². The summed E-state index contributed by atoms with van der Waals surface area (Å²) >= 11 is 0. The third-order valence-electron chi connectivity index (χ3n) is 8.52. The summed E-state index contributed by atoms with van der Waals surface area (Å²) in [4.78, 5) is 46.7. The van der Waals surface area contributed by atoms with Crippen LogP contribution in [0.5, 0.6) is 5.75 Å². The van der Waals surface area contributed by atoms with E-state index in [0.29, 0.717) is 42.2 Å². The van der Waals surface area contributed by atoms with Crippen molar-refractivity contribution in [1.82, 2.24) is 9.80 Å². The maximum Gasteiger partial charge on any atom is 0.256 e. The summed E-state index contributed by atoms with van der Waals surface area (Å²) in [6, 6.07) is 22.6. The Labute approximate surface area is 254 Å². The van der Waals surface area contributed by atoms with Gasteiger partial charge in [0.25, 0.3) is 11.8 Å². The van der Waals surface area contributed by atoms with E-state index in [1.165, 1.54) is 0 Å². The highest BCUT2D eigenvalue weighted by Crippen LogP contribution is 2.30. The molecule has 0 spiro atoms. The zero-order valence-corrected chi connectivity index (χ0v) is 25.3. The van der Waals surface area contributed by atoms with E-state index in [4.69, 9.17) is 4.74 Å². The average molecular weight is 583 g/mol. The van der Waals surface area contributed by atoms with Crippen molar-refractivity contribution in [2.24, 2.45) is 0 Å². The summed E-state index contributed by atoms with van der Waals surface area (Å²) < 4.78 is 5.27. The number of ether oxygens (including phenoxy) is 1. The van der Waals surface area contributed by atoms with Crippen LogP contribution in [-0.2, 0) is 4.79 Å². The third kappa shape index (κ3) is 7.19. The first-order valence-electron chi connectivity index (χ1n) is 15.5. The number of nitrogens with one attached hydrogen (secondary N) is 1. The molecule has 0 saturated carbocycles. The van der Waals surface area contributed by atoms with Crippen LogP contribution in [0.2, 0.25) is 0 Å². The fourth-order valence-corrected chi connectivity index (χ4v) is 6.13. The summed E-state index contributed by atoms with van der Waals surface area (Å²) in [6.45, 7) is 6.18. The molecule has 2 saturated heterocycles. The Hall–Kier alpha value is -4.33. The molecule has 43 heavy (non-hydrogen) atoms. The maximum atomic E-state index is 13.9. The van der Waals surface area contributed by atoms with Gasteiger partial charge >= 0.3 is 0 Å². The minimum atomic E-state index is -0.268. The Morgan fingerprint density at radius 2 is 1.56 bits per heavy atom. The molecule has 5 rings (SSSR count). The minimum Gasteiger partial charge on any atom is -0.497 e. The predicted octanol–water partition coefficient (Wildman–Crippen LogP) is 5.81. The molecule has 1 unspecified atom stereocenters. The largest absolute Gasteiger partial charge is 0.497 e. The van der Waals surface area contributed by atoms with Crippen molar-refractivity contribution in [3.8, 4) is 5.75 Å². The molecule has 0 aliphatic carbocycles. The standard InChI is InChI=1S/C35H42N4O4/c1-3-30(26-12-6-4-7-13-26)34(41)39-21-11-20-37(22-23-39)32-17-16-28(25-31(32)35(42)38-18-8-5-9-19-38)36-33(40)27-14-10-15-29(24-27)43-2/h4,6-7,10,12-17,24-25,30H,3,5,8-9,11,18-23H2,1-2H3,(H,36,40). The van der Waals surface area contributed by atoms with Crippen molar-refractivity contribution in [3.05, 3.63) is 89.5 Å². The van der Waals surface area contributed by atoms with Crippen molar-refractivity contribution in [2.75, 3.05) is 56.6 Å². The molecular formula is C35H42N4O4. The highest BCUT2D eigenvalue weighted by molar-refractivity contribution is 6.06. The number of likely N-dealkylation sites (tertiary alicyclic amines) is 1. The van der Waals surface area contributed by atoms with Gasteiger partial charge in [-0.3, -0.25) is 14.4 Å². The molecule has 3 aromatic carbocycles. The highest BCUT2D eigenvalue weighted by Gasteiger charge is 2.29. The van der Waals surface area contributed by atoms with Gasteiger partial charge in [-0.05, 0) is 74.1 Å². The summed E-state index contributed by atoms with van der Waals surface area (Å²) in [5, 5.41) is 2.97. The fraction of sp³-hybridized carbons (Fsp3) is 0.400. The van der Waals surface area contributed by atoms with Gasteiger partial charge in [0.05, 0.1) is 18.6 Å². The van der Waals surface area contributed by atoms with Crippen LogP contribution in [0.15, 0.2) is 72.8 Å². The molecule has 3 aromatic rings. The van der Waals surface area contributed by atoms with Crippen LogP contribution in [0.3, 0.4) is 0 Å². The zero-order valence-electron chi connectivity index (χ0n) is 25.3. The molecule has 8 heteroatoms. The first-order valence-corrected chi connectivity index (χ1v) is 15.5. The van der Waals surface area contributed by atoms with E-state index in [-0.39, 0.29) is 23.6 Å². The smallest absolute Gasteiger partial charge is 0.256 e. The highest BCUT2D eigenvalue weighted by atomic mass is 16.5. The van der Waals surface area contributed by atoms with E-state index in [9.17, 15) is 14.4 Å². The summed E-state index contributed by atoms with van der Waals surface area (Å²) in [5.74, 6) is 0.328. The second-order valence-corrected chi connectivity index (χ2v) is 11.3. The van der Waals surface area contributed by atoms with E-state index < -0.39 is 0 Å². The van der Waals surface area contributed by atoms with Gasteiger partial charge in [-0.15, -0.1) is 0 Å². The van der Waals surface area contributed by atoms with Crippen molar-refractivity contribution < 1.29 is 19.1 Å². The molecule has 0 aromatic heterocycles. The number of nitrogens with zero attached hydrogens (tertiary/aromatic N) is 3. The number of hydrogen-bond acceptors (Lipinski definition) is 5. The van der Waals surface area contributed by atoms with Crippen molar-refractivity contribution in [3.63, 3.8) is 0 Å². The van der Waals surface area contributed by atoms with Crippen LogP contribution >= 0.6 is 0 Å². The van der Waals surface area contributed by atoms with Crippen LogP contribution < -0.4 is 15.0 Å². The lowest BCUT2D eigenvalue weighted by atomic mass is 9.95. The number of amides is 3. The third-order valence-corrected chi connectivity index (χ3v) is 8.52. The number of benzene rings is 3. The van der Waals surface area contributed by atoms with Crippen molar-refractivity contribution in [1.29, 1.82) is 0 Å². The SMILES string of the molecule is CCC(C(=O)N1CCCN(c2ccc(NC(=O)c3cccc(OC)c3)cc2C(=O)N2CCCCC2)CC1)c1ccccc1. The molecule has 1 N–H and O–H groups in total. The Kier molecular flexibility index (Phi) is 9.97. The Bertz CT molecular complexity index is 1420. The molecule has 226 valence electrons. The van der Waals surface area contributed by atoms with Gasteiger partial charge < -0.3 is 24.8 Å². The quantitative estimate of drug-likeness (QED) is 0.363. The maximum absolute atomic E-state index is 13.9. The van der Waals surface area contributed by atoms with Crippen LogP contribution in [0, 0.1) is 0 Å². The first kappa shape index (κ1) is 30.1. The van der Waals surface area contributed by atoms with Crippen molar-refractivity contribution >= 4 is 29.1 Å². The van der Waals surface area contributed by atoms with Gasteiger partial charge in [-0.2, -0.15) is 0 Å².